The molecule has 146 valence electrons. The molecular weight excluding hydrogens is 361 g/mol. The van der Waals surface area contributed by atoms with Crippen LogP contribution in [-0.4, -0.2) is 41.1 Å². The number of amides is 1. The minimum Gasteiger partial charge on any atom is -0.484 e. The number of benzene rings is 1. The molecule has 1 N–H and O–H groups in total. The van der Waals surface area contributed by atoms with E-state index in [1.807, 2.05) is 0 Å². The molecule has 1 aromatic carbocycles. The zero-order valence-corrected chi connectivity index (χ0v) is 15.1. The molecule has 3 rings (SSSR count). The van der Waals surface area contributed by atoms with E-state index in [0.29, 0.717) is 30.0 Å². The van der Waals surface area contributed by atoms with Gasteiger partial charge in [0.2, 0.25) is 0 Å². The Hall–Kier alpha value is -2.71. The molecule has 2 heterocycles. The van der Waals surface area contributed by atoms with E-state index in [1.165, 1.54) is 6.07 Å². The van der Waals surface area contributed by atoms with Crippen LogP contribution in [0.5, 0.6) is 5.75 Å². The van der Waals surface area contributed by atoms with Crippen molar-refractivity contribution in [2.45, 2.75) is 32.0 Å². The lowest BCUT2D eigenvalue weighted by Gasteiger charge is -2.32. The molecule has 1 saturated heterocycles. The van der Waals surface area contributed by atoms with E-state index in [9.17, 15) is 18.0 Å². The normalized spacial score (nSPS) is 17.9. The number of rotatable bonds is 5. The summed E-state index contributed by atoms with van der Waals surface area (Å²) in [4.78, 5) is 14.5. The summed E-state index contributed by atoms with van der Waals surface area (Å²) >= 11 is 0. The Labute approximate surface area is 154 Å². The first-order valence-corrected chi connectivity index (χ1v) is 8.61. The Kier molecular flexibility index (Phi) is 5.29. The van der Waals surface area contributed by atoms with Gasteiger partial charge in [0.05, 0.1) is 0 Å². The molecule has 6 nitrogen and oxygen atoms in total. The SMILES string of the molecule is Cc1c(N[C@H]2CCCN(c3ccn(C)n3)C2=O)cccc1OCC(F)(F)F. The average Bonchev–Trinajstić information content (AvgIpc) is 3.03. The molecule has 2 aromatic rings. The van der Waals surface area contributed by atoms with Crippen molar-refractivity contribution in [2.75, 3.05) is 23.4 Å². The fourth-order valence-corrected chi connectivity index (χ4v) is 3.06. The zero-order chi connectivity index (χ0) is 19.6. The number of nitrogens with one attached hydrogen (secondary N) is 1. The highest BCUT2D eigenvalue weighted by Gasteiger charge is 2.32. The van der Waals surface area contributed by atoms with Crippen LogP contribution >= 0.6 is 0 Å². The Morgan fingerprint density at radius 2 is 2.11 bits per heavy atom. The fraction of sp³-hybridized carbons (Fsp3) is 0.444. The lowest BCUT2D eigenvalue weighted by atomic mass is 10.0. The molecule has 1 amide bonds. The van der Waals surface area contributed by atoms with E-state index in [2.05, 4.69) is 10.4 Å². The third kappa shape index (κ3) is 4.53. The van der Waals surface area contributed by atoms with E-state index in [4.69, 9.17) is 4.74 Å². The summed E-state index contributed by atoms with van der Waals surface area (Å²) in [6, 6.07) is 6.11. The highest BCUT2D eigenvalue weighted by atomic mass is 19.4. The van der Waals surface area contributed by atoms with Crippen molar-refractivity contribution in [1.29, 1.82) is 0 Å². The van der Waals surface area contributed by atoms with Gasteiger partial charge < -0.3 is 10.1 Å². The number of nitrogens with zero attached hydrogens (tertiary/aromatic N) is 3. The van der Waals surface area contributed by atoms with Gasteiger partial charge in [0.25, 0.3) is 5.91 Å². The molecule has 1 aliphatic heterocycles. The smallest absolute Gasteiger partial charge is 0.422 e. The van der Waals surface area contributed by atoms with E-state index in [0.717, 1.165) is 6.42 Å². The van der Waals surface area contributed by atoms with E-state index >= 15 is 0 Å². The molecule has 0 radical (unpaired) electrons. The van der Waals surface area contributed by atoms with Gasteiger partial charge >= 0.3 is 6.18 Å². The number of carbonyl (C=O) groups is 1. The molecule has 1 aromatic heterocycles. The first kappa shape index (κ1) is 19.1. The van der Waals surface area contributed by atoms with Crippen molar-refractivity contribution in [3.63, 3.8) is 0 Å². The maximum atomic E-state index is 12.8. The molecule has 0 spiro atoms. The summed E-state index contributed by atoms with van der Waals surface area (Å²) in [7, 11) is 1.78. The molecule has 0 unspecified atom stereocenters. The largest absolute Gasteiger partial charge is 0.484 e. The molecule has 1 fully saturated rings. The van der Waals surface area contributed by atoms with Gasteiger partial charge in [0, 0.05) is 37.1 Å². The molecule has 27 heavy (non-hydrogen) atoms. The van der Waals surface area contributed by atoms with Crippen LogP contribution in [0.4, 0.5) is 24.7 Å². The third-order valence-corrected chi connectivity index (χ3v) is 4.42. The molecule has 0 bridgehead atoms. The zero-order valence-electron chi connectivity index (χ0n) is 15.1. The van der Waals surface area contributed by atoms with Crippen LogP contribution in [0.2, 0.25) is 0 Å². The number of piperidine rings is 1. The minimum absolute atomic E-state index is 0.110. The summed E-state index contributed by atoms with van der Waals surface area (Å²) in [5.74, 6) is 0.621. The second-order valence-corrected chi connectivity index (χ2v) is 6.51. The van der Waals surface area contributed by atoms with Crippen molar-refractivity contribution in [2.24, 2.45) is 7.05 Å². The number of ether oxygens (including phenoxy) is 1. The van der Waals surface area contributed by atoms with Gasteiger partial charge in [-0.05, 0) is 31.9 Å². The number of aromatic nitrogens is 2. The molecule has 1 aliphatic rings. The van der Waals surface area contributed by atoms with Crippen molar-refractivity contribution >= 4 is 17.4 Å². The van der Waals surface area contributed by atoms with Gasteiger partial charge in [-0.1, -0.05) is 6.07 Å². The first-order chi connectivity index (χ1) is 12.7. The van der Waals surface area contributed by atoms with Gasteiger partial charge in [0.1, 0.15) is 11.8 Å². The quantitative estimate of drug-likeness (QED) is 0.862. The van der Waals surface area contributed by atoms with Crippen LogP contribution in [0.25, 0.3) is 0 Å². The number of halogens is 3. The molecule has 0 saturated carbocycles. The van der Waals surface area contributed by atoms with Crippen molar-refractivity contribution < 1.29 is 22.7 Å². The second kappa shape index (κ2) is 7.50. The number of hydrogen-bond acceptors (Lipinski definition) is 4. The highest BCUT2D eigenvalue weighted by Crippen LogP contribution is 2.29. The number of aryl methyl sites for hydroxylation is 1. The van der Waals surface area contributed by atoms with E-state index in [1.54, 1.807) is 47.9 Å². The van der Waals surface area contributed by atoms with Gasteiger partial charge in [-0.3, -0.25) is 14.4 Å². The van der Waals surface area contributed by atoms with Gasteiger partial charge in [-0.25, -0.2) is 0 Å². The Morgan fingerprint density at radius 1 is 1.33 bits per heavy atom. The molecule has 9 heteroatoms. The topological polar surface area (TPSA) is 59.4 Å². The van der Waals surface area contributed by atoms with Crippen LogP contribution in [0.3, 0.4) is 0 Å². The number of carbonyl (C=O) groups excluding carboxylic acids is 1. The molecule has 1 atom stereocenters. The van der Waals surface area contributed by atoms with Crippen LogP contribution in [-0.2, 0) is 11.8 Å². The summed E-state index contributed by atoms with van der Waals surface area (Å²) in [5, 5.41) is 7.43. The van der Waals surface area contributed by atoms with Crippen LogP contribution < -0.4 is 15.0 Å². The van der Waals surface area contributed by atoms with E-state index in [-0.39, 0.29) is 11.7 Å². The average molecular weight is 382 g/mol. The van der Waals surface area contributed by atoms with Crippen molar-refractivity contribution in [3.05, 3.63) is 36.0 Å². The number of anilines is 2. The highest BCUT2D eigenvalue weighted by molar-refractivity contribution is 5.98. The summed E-state index contributed by atoms with van der Waals surface area (Å²) in [5.41, 5.74) is 1.11. The van der Waals surface area contributed by atoms with Crippen molar-refractivity contribution in [1.82, 2.24) is 9.78 Å². The lowest BCUT2D eigenvalue weighted by Crippen LogP contribution is -2.48. The predicted molar refractivity (Wildman–Crippen MR) is 94.9 cm³/mol. The Balaban J connectivity index is 1.73. The van der Waals surface area contributed by atoms with Crippen LogP contribution in [0.15, 0.2) is 30.5 Å². The van der Waals surface area contributed by atoms with E-state index < -0.39 is 18.8 Å². The van der Waals surface area contributed by atoms with Crippen LogP contribution in [0.1, 0.15) is 18.4 Å². The van der Waals surface area contributed by atoms with Gasteiger partial charge in [-0.15, -0.1) is 0 Å². The third-order valence-electron chi connectivity index (χ3n) is 4.42. The number of alkyl halides is 3. The van der Waals surface area contributed by atoms with Gasteiger partial charge in [0.15, 0.2) is 12.4 Å². The first-order valence-electron chi connectivity index (χ1n) is 8.61. The van der Waals surface area contributed by atoms with Crippen LogP contribution in [0, 0.1) is 6.92 Å². The minimum atomic E-state index is -4.40. The monoisotopic (exact) mass is 382 g/mol. The van der Waals surface area contributed by atoms with Crippen molar-refractivity contribution in [3.8, 4) is 5.75 Å². The summed E-state index contributed by atoms with van der Waals surface area (Å²) in [6.07, 6.45) is -1.21. The molecule has 0 aliphatic carbocycles. The summed E-state index contributed by atoms with van der Waals surface area (Å²) < 4.78 is 43.7. The lowest BCUT2D eigenvalue weighted by molar-refractivity contribution is -0.153. The Bertz CT molecular complexity index is 819. The molecular formula is C18H21F3N4O2. The van der Waals surface area contributed by atoms with Gasteiger partial charge in [-0.2, -0.15) is 18.3 Å². The maximum Gasteiger partial charge on any atom is 0.422 e. The standard InChI is InChI=1S/C18H21F3N4O2/c1-12-13(5-3-7-15(12)27-11-18(19,20)21)22-14-6-4-9-25(17(14)26)16-8-10-24(2)23-16/h3,5,7-8,10,14,22H,4,6,9,11H2,1-2H3/t14-/m0/s1. The fourth-order valence-electron chi connectivity index (χ4n) is 3.06. The maximum absolute atomic E-state index is 12.8. The Morgan fingerprint density at radius 3 is 2.78 bits per heavy atom. The second-order valence-electron chi connectivity index (χ2n) is 6.51. The predicted octanol–water partition coefficient (Wildman–Crippen LogP) is 3.28. The number of hydrogen-bond donors (Lipinski definition) is 1. The summed E-state index contributed by atoms with van der Waals surface area (Å²) in [6.45, 7) is 0.896.